The maximum absolute atomic E-state index is 5.84. The first-order chi connectivity index (χ1) is 9.95. The predicted molar refractivity (Wildman–Crippen MR) is 88.9 cm³/mol. The summed E-state index contributed by atoms with van der Waals surface area (Å²) in [4.78, 5) is 0. The normalized spacial score (nSPS) is 14.8. The molecule has 3 nitrogen and oxygen atoms in total. The van der Waals surface area contributed by atoms with Crippen LogP contribution in [0.2, 0.25) is 0 Å². The Morgan fingerprint density at radius 3 is 2.33 bits per heavy atom. The van der Waals surface area contributed by atoms with Gasteiger partial charge in [-0.05, 0) is 31.4 Å². The second kappa shape index (κ2) is 8.40. The fourth-order valence-corrected chi connectivity index (χ4v) is 2.69. The van der Waals surface area contributed by atoms with E-state index in [9.17, 15) is 0 Å². The topological polar surface area (TPSA) is 30.5 Å². The van der Waals surface area contributed by atoms with E-state index in [4.69, 9.17) is 9.47 Å². The van der Waals surface area contributed by atoms with Crippen LogP contribution >= 0.6 is 0 Å². The van der Waals surface area contributed by atoms with Gasteiger partial charge in [-0.1, -0.05) is 45.9 Å². The zero-order valence-corrected chi connectivity index (χ0v) is 14.4. The number of rotatable bonds is 8. The monoisotopic (exact) mass is 293 g/mol. The van der Waals surface area contributed by atoms with Crippen molar-refractivity contribution in [3.63, 3.8) is 0 Å². The van der Waals surface area contributed by atoms with E-state index in [1.165, 1.54) is 5.56 Å². The summed E-state index contributed by atoms with van der Waals surface area (Å²) < 4.78 is 11.7. The van der Waals surface area contributed by atoms with Gasteiger partial charge in [0.15, 0.2) is 0 Å². The third-order valence-corrected chi connectivity index (χ3v) is 3.58. The van der Waals surface area contributed by atoms with E-state index in [1.54, 1.807) is 7.11 Å². The molecular formula is C18H31NO2. The molecule has 2 unspecified atom stereocenters. The van der Waals surface area contributed by atoms with Gasteiger partial charge in [-0.3, -0.25) is 0 Å². The zero-order chi connectivity index (χ0) is 15.9. The highest BCUT2D eigenvalue weighted by Crippen LogP contribution is 2.36. The molecule has 2 atom stereocenters. The van der Waals surface area contributed by atoms with E-state index >= 15 is 0 Å². The Morgan fingerprint density at radius 1 is 1.14 bits per heavy atom. The Labute approximate surface area is 130 Å². The van der Waals surface area contributed by atoms with Gasteiger partial charge in [-0.25, -0.2) is 0 Å². The molecule has 120 valence electrons. The molecule has 1 aromatic rings. The average molecular weight is 293 g/mol. The largest absolute Gasteiger partial charge is 0.494 e. The first kappa shape index (κ1) is 18.0. The van der Waals surface area contributed by atoms with E-state index in [0.717, 1.165) is 18.7 Å². The van der Waals surface area contributed by atoms with Crippen LogP contribution in [-0.4, -0.2) is 26.4 Å². The van der Waals surface area contributed by atoms with Crippen molar-refractivity contribution >= 4 is 0 Å². The Hall–Kier alpha value is -1.06. The molecule has 0 bridgehead atoms. The van der Waals surface area contributed by atoms with Crippen molar-refractivity contribution in [3.8, 4) is 5.75 Å². The molecule has 0 saturated heterocycles. The molecule has 0 aliphatic heterocycles. The molecule has 1 aromatic carbocycles. The lowest BCUT2D eigenvalue weighted by molar-refractivity contribution is -0.0125. The zero-order valence-electron chi connectivity index (χ0n) is 14.4. The number of ether oxygens (including phenoxy) is 2. The first-order valence-electron chi connectivity index (χ1n) is 7.93. The Morgan fingerprint density at radius 2 is 1.81 bits per heavy atom. The number of hydrogen-bond donors (Lipinski definition) is 1. The quantitative estimate of drug-likeness (QED) is 0.779. The minimum atomic E-state index is 0.0412. The summed E-state index contributed by atoms with van der Waals surface area (Å²) in [5, 5.41) is 3.64. The molecule has 21 heavy (non-hydrogen) atoms. The smallest absolute Gasteiger partial charge is 0.124 e. The second-order valence-electron chi connectivity index (χ2n) is 6.42. The molecule has 0 fully saturated rings. The Kier molecular flexibility index (Phi) is 7.20. The predicted octanol–water partition coefficient (Wildman–Crippen LogP) is 4.19. The third-order valence-electron chi connectivity index (χ3n) is 3.58. The summed E-state index contributed by atoms with van der Waals surface area (Å²) in [6.45, 7) is 12.5. The molecule has 1 rings (SSSR count). The summed E-state index contributed by atoms with van der Waals surface area (Å²) in [5.41, 5.74) is 1.22. The summed E-state index contributed by atoms with van der Waals surface area (Å²) in [7, 11) is 1.79. The summed E-state index contributed by atoms with van der Waals surface area (Å²) >= 11 is 0. The van der Waals surface area contributed by atoms with Crippen molar-refractivity contribution in [3.05, 3.63) is 29.8 Å². The minimum Gasteiger partial charge on any atom is -0.494 e. The number of nitrogens with one attached hydrogen (secondary N) is 1. The molecular weight excluding hydrogens is 262 g/mol. The molecule has 0 saturated carbocycles. The van der Waals surface area contributed by atoms with Gasteiger partial charge in [0.25, 0.3) is 0 Å². The molecule has 0 heterocycles. The minimum absolute atomic E-state index is 0.0412. The van der Waals surface area contributed by atoms with Crippen LogP contribution < -0.4 is 10.1 Å². The van der Waals surface area contributed by atoms with Gasteiger partial charge in [0.2, 0.25) is 0 Å². The van der Waals surface area contributed by atoms with Crippen LogP contribution in [0, 0.1) is 5.41 Å². The van der Waals surface area contributed by atoms with E-state index < -0.39 is 0 Å². The fourth-order valence-electron chi connectivity index (χ4n) is 2.69. The van der Waals surface area contributed by atoms with Gasteiger partial charge in [-0.15, -0.1) is 0 Å². The first-order valence-corrected chi connectivity index (χ1v) is 7.93. The fraction of sp³-hybridized carbons (Fsp3) is 0.667. The van der Waals surface area contributed by atoms with Crippen LogP contribution in [0.3, 0.4) is 0 Å². The number of methoxy groups -OCH3 is 1. The molecule has 1 N–H and O–H groups in total. The van der Waals surface area contributed by atoms with E-state index in [1.807, 2.05) is 19.1 Å². The lowest BCUT2D eigenvalue weighted by Crippen LogP contribution is -2.42. The lowest BCUT2D eigenvalue weighted by atomic mass is 9.81. The lowest BCUT2D eigenvalue weighted by Gasteiger charge is -2.37. The highest BCUT2D eigenvalue weighted by molar-refractivity contribution is 5.37. The van der Waals surface area contributed by atoms with Gasteiger partial charge in [0, 0.05) is 12.7 Å². The van der Waals surface area contributed by atoms with Crippen LogP contribution in [0.5, 0.6) is 5.75 Å². The van der Waals surface area contributed by atoms with Crippen LogP contribution in [0.4, 0.5) is 0 Å². The maximum atomic E-state index is 5.84. The van der Waals surface area contributed by atoms with Crippen molar-refractivity contribution in [2.24, 2.45) is 5.41 Å². The van der Waals surface area contributed by atoms with Crippen molar-refractivity contribution in [2.45, 2.75) is 53.2 Å². The van der Waals surface area contributed by atoms with Crippen molar-refractivity contribution in [2.75, 3.05) is 20.3 Å². The summed E-state index contributed by atoms with van der Waals surface area (Å²) in [6.07, 6.45) is 1.17. The van der Waals surface area contributed by atoms with E-state index in [-0.39, 0.29) is 17.6 Å². The maximum Gasteiger partial charge on any atom is 0.124 e. The van der Waals surface area contributed by atoms with Crippen LogP contribution in [0.25, 0.3) is 0 Å². The van der Waals surface area contributed by atoms with Crippen LogP contribution in [0.15, 0.2) is 24.3 Å². The van der Waals surface area contributed by atoms with Crippen molar-refractivity contribution < 1.29 is 9.47 Å². The van der Waals surface area contributed by atoms with Gasteiger partial charge >= 0.3 is 0 Å². The molecule has 0 aliphatic rings. The van der Waals surface area contributed by atoms with Crippen LogP contribution in [-0.2, 0) is 4.74 Å². The molecule has 0 spiro atoms. The number of hydrogen-bond acceptors (Lipinski definition) is 3. The molecule has 3 heteroatoms. The highest BCUT2D eigenvalue weighted by atomic mass is 16.5. The van der Waals surface area contributed by atoms with Gasteiger partial charge in [0.1, 0.15) is 5.75 Å². The third kappa shape index (κ3) is 5.01. The van der Waals surface area contributed by atoms with E-state index in [0.29, 0.717) is 6.61 Å². The molecule has 0 aromatic heterocycles. The van der Waals surface area contributed by atoms with Gasteiger partial charge < -0.3 is 14.8 Å². The molecule has 0 amide bonds. The average Bonchev–Trinajstić information content (AvgIpc) is 2.43. The number of benzene rings is 1. The number of para-hydroxylation sites is 1. The Bertz CT molecular complexity index is 412. The molecule has 0 radical (unpaired) electrons. The standard InChI is InChI=1S/C18H31NO2/c1-7-13-19-16(17(20-6)18(3,4)5)14-11-9-10-12-15(14)21-8-2/h9-12,16-17,19H,7-8,13H2,1-6H3. The second-order valence-corrected chi connectivity index (χ2v) is 6.42. The van der Waals surface area contributed by atoms with Gasteiger partial charge in [0.05, 0.1) is 18.8 Å². The van der Waals surface area contributed by atoms with Crippen molar-refractivity contribution in [1.29, 1.82) is 0 Å². The van der Waals surface area contributed by atoms with Crippen LogP contribution in [0.1, 0.15) is 52.6 Å². The summed E-state index contributed by atoms with van der Waals surface area (Å²) in [5.74, 6) is 0.944. The highest BCUT2D eigenvalue weighted by Gasteiger charge is 2.34. The summed E-state index contributed by atoms with van der Waals surface area (Å²) in [6, 6.07) is 8.38. The van der Waals surface area contributed by atoms with Crippen molar-refractivity contribution in [1.82, 2.24) is 5.32 Å². The van der Waals surface area contributed by atoms with E-state index in [2.05, 4.69) is 45.1 Å². The Balaban J connectivity index is 3.18. The van der Waals surface area contributed by atoms with Gasteiger partial charge in [-0.2, -0.15) is 0 Å². The molecule has 0 aliphatic carbocycles. The SMILES string of the molecule is CCCNC(c1ccccc1OCC)C(OC)C(C)(C)C.